The Morgan fingerprint density at radius 1 is 0.542 bits per heavy atom. The SMILES string of the molecule is CC.CC1CCC(C2CCC(C3CC(F)C(C)C(F)C3)CC2)CC1. The van der Waals surface area contributed by atoms with Gasteiger partial charge in [0.05, 0.1) is 0 Å². The van der Waals surface area contributed by atoms with Gasteiger partial charge in [0, 0.05) is 5.92 Å². The topological polar surface area (TPSA) is 0 Å². The first-order valence-corrected chi connectivity index (χ1v) is 10.8. The van der Waals surface area contributed by atoms with E-state index in [0.29, 0.717) is 24.7 Å². The van der Waals surface area contributed by atoms with Crippen molar-refractivity contribution in [3.63, 3.8) is 0 Å². The van der Waals surface area contributed by atoms with Crippen LogP contribution < -0.4 is 0 Å². The molecule has 0 nitrogen and oxygen atoms in total. The number of alkyl halides is 2. The number of hydrogen-bond donors (Lipinski definition) is 0. The van der Waals surface area contributed by atoms with Crippen LogP contribution in [0.3, 0.4) is 0 Å². The molecule has 2 heteroatoms. The highest BCUT2D eigenvalue weighted by Crippen LogP contribution is 2.46. The van der Waals surface area contributed by atoms with Crippen LogP contribution in [0.15, 0.2) is 0 Å². The maximum atomic E-state index is 14.0. The van der Waals surface area contributed by atoms with Gasteiger partial charge >= 0.3 is 0 Å². The molecular formula is C22H40F2. The molecule has 3 aliphatic rings. The third kappa shape index (κ3) is 4.94. The first-order valence-electron chi connectivity index (χ1n) is 10.8. The molecule has 0 saturated heterocycles. The van der Waals surface area contributed by atoms with Gasteiger partial charge in [0.25, 0.3) is 0 Å². The summed E-state index contributed by atoms with van der Waals surface area (Å²) >= 11 is 0. The summed E-state index contributed by atoms with van der Waals surface area (Å²) in [5.41, 5.74) is 0. The lowest BCUT2D eigenvalue weighted by atomic mass is 9.65. The van der Waals surface area contributed by atoms with Gasteiger partial charge in [-0.3, -0.25) is 0 Å². The average Bonchev–Trinajstić information content (AvgIpc) is 2.62. The Labute approximate surface area is 149 Å². The molecule has 0 amide bonds. The van der Waals surface area contributed by atoms with Gasteiger partial charge in [-0.05, 0) is 81.0 Å². The second kappa shape index (κ2) is 9.53. The molecular weight excluding hydrogens is 302 g/mol. The summed E-state index contributed by atoms with van der Waals surface area (Å²) in [7, 11) is 0. The molecule has 0 aromatic heterocycles. The molecule has 0 aromatic carbocycles. The third-order valence-corrected chi connectivity index (χ3v) is 7.41. The number of rotatable bonds is 2. The van der Waals surface area contributed by atoms with Crippen LogP contribution in [-0.4, -0.2) is 12.3 Å². The lowest BCUT2D eigenvalue weighted by Gasteiger charge is -2.42. The summed E-state index contributed by atoms with van der Waals surface area (Å²) in [5.74, 6) is 3.33. The molecule has 2 atom stereocenters. The minimum absolute atomic E-state index is 0.313. The lowest BCUT2D eigenvalue weighted by molar-refractivity contribution is 0.0186. The van der Waals surface area contributed by atoms with Crippen molar-refractivity contribution in [2.75, 3.05) is 0 Å². The van der Waals surface area contributed by atoms with Crippen LogP contribution in [0.25, 0.3) is 0 Å². The maximum Gasteiger partial charge on any atom is 0.106 e. The highest BCUT2D eigenvalue weighted by Gasteiger charge is 2.40. The Bertz CT molecular complexity index is 328. The van der Waals surface area contributed by atoms with E-state index in [2.05, 4.69) is 6.92 Å². The summed E-state index contributed by atoms with van der Waals surface area (Å²) in [6.07, 6.45) is 10.2. The van der Waals surface area contributed by atoms with Gasteiger partial charge in [0.2, 0.25) is 0 Å². The smallest absolute Gasteiger partial charge is 0.106 e. The first-order chi connectivity index (χ1) is 11.5. The van der Waals surface area contributed by atoms with Gasteiger partial charge in [-0.2, -0.15) is 0 Å². The van der Waals surface area contributed by atoms with E-state index < -0.39 is 12.3 Å². The van der Waals surface area contributed by atoms with E-state index in [1.165, 1.54) is 51.4 Å². The molecule has 0 radical (unpaired) electrons. The molecule has 0 N–H and O–H groups in total. The molecule has 142 valence electrons. The van der Waals surface area contributed by atoms with Crippen molar-refractivity contribution in [3.05, 3.63) is 0 Å². The standard InChI is InChI=1S/C20H34F2.C2H6/c1-13-3-5-15(6-4-13)16-7-9-17(10-8-16)18-11-19(21)14(2)20(22)12-18;1-2/h13-20H,3-12H2,1-2H3;1-2H3. The zero-order valence-corrected chi connectivity index (χ0v) is 16.4. The first kappa shape index (κ1) is 20.2. The van der Waals surface area contributed by atoms with E-state index in [4.69, 9.17) is 0 Å². The van der Waals surface area contributed by atoms with Crippen LogP contribution in [0.4, 0.5) is 8.78 Å². The fourth-order valence-corrected chi connectivity index (χ4v) is 5.56. The molecule has 3 rings (SSSR count). The Morgan fingerprint density at radius 3 is 1.29 bits per heavy atom. The summed E-state index contributed by atoms with van der Waals surface area (Å²) in [5, 5.41) is 0. The highest BCUT2D eigenvalue weighted by atomic mass is 19.1. The van der Waals surface area contributed by atoms with Gasteiger partial charge in [-0.25, -0.2) is 8.78 Å². The molecule has 3 aliphatic carbocycles. The quantitative estimate of drug-likeness (QED) is 0.491. The highest BCUT2D eigenvalue weighted by molar-refractivity contribution is 4.90. The van der Waals surface area contributed by atoms with Crippen molar-refractivity contribution in [2.45, 2.75) is 104 Å². The normalized spacial score (nSPS) is 46.8. The molecule has 0 aliphatic heterocycles. The molecule has 0 spiro atoms. The largest absolute Gasteiger partial charge is 0.247 e. The summed E-state index contributed by atoms with van der Waals surface area (Å²) in [4.78, 5) is 0. The lowest BCUT2D eigenvalue weighted by Crippen LogP contribution is -2.38. The van der Waals surface area contributed by atoms with Crippen LogP contribution in [0.1, 0.15) is 91.9 Å². The van der Waals surface area contributed by atoms with Gasteiger partial charge in [-0.1, -0.05) is 40.5 Å². The monoisotopic (exact) mass is 342 g/mol. The van der Waals surface area contributed by atoms with Gasteiger partial charge in [-0.15, -0.1) is 0 Å². The second-order valence-corrected chi connectivity index (χ2v) is 8.82. The van der Waals surface area contributed by atoms with Gasteiger partial charge < -0.3 is 0 Å². The Kier molecular flexibility index (Phi) is 8.01. The fraction of sp³-hybridized carbons (Fsp3) is 1.00. The predicted molar refractivity (Wildman–Crippen MR) is 99.6 cm³/mol. The predicted octanol–water partition coefficient (Wildman–Crippen LogP) is 7.37. The van der Waals surface area contributed by atoms with E-state index in [1.807, 2.05) is 13.8 Å². The maximum absolute atomic E-state index is 14.0. The van der Waals surface area contributed by atoms with Crippen molar-refractivity contribution in [2.24, 2.45) is 35.5 Å². The minimum Gasteiger partial charge on any atom is -0.247 e. The number of halogens is 2. The van der Waals surface area contributed by atoms with E-state index in [-0.39, 0.29) is 5.92 Å². The Morgan fingerprint density at radius 2 is 0.875 bits per heavy atom. The van der Waals surface area contributed by atoms with Gasteiger partial charge in [0.1, 0.15) is 12.3 Å². The van der Waals surface area contributed by atoms with E-state index in [9.17, 15) is 8.78 Å². The summed E-state index contributed by atoms with van der Waals surface area (Å²) in [6, 6.07) is 0. The molecule has 0 aromatic rings. The Hall–Kier alpha value is -0.140. The van der Waals surface area contributed by atoms with E-state index >= 15 is 0 Å². The second-order valence-electron chi connectivity index (χ2n) is 8.82. The van der Waals surface area contributed by atoms with Crippen LogP contribution in [0.5, 0.6) is 0 Å². The van der Waals surface area contributed by atoms with Crippen molar-refractivity contribution in [3.8, 4) is 0 Å². The third-order valence-electron chi connectivity index (χ3n) is 7.41. The zero-order chi connectivity index (χ0) is 17.7. The summed E-state index contributed by atoms with van der Waals surface area (Å²) < 4.78 is 28.0. The average molecular weight is 343 g/mol. The van der Waals surface area contributed by atoms with Crippen LogP contribution >= 0.6 is 0 Å². The molecule has 3 fully saturated rings. The molecule has 3 saturated carbocycles. The Balaban J connectivity index is 0.00000100. The molecule has 0 bridgehead atoms. The van der Waals surface area contributed by atoms with Crippen molar-refractivity contribution < 1.29 is 8.78 Å². The number of hydrogen-bond acceptors (Lipinski definition) is 0. The van der Waals surface area contributed by atoms with Crippen molar-refractivity contribution in [1.29, 1.82) is 0 Å². The van der Waals surface area contributed by atoms with Crippen LogP contribution in [0.2, 0.25) is 0 Å². The molecule has 2 unspecified atom stereocenters. The van der Waals surface area contributed by atoms with Gasteiger partial charge in [0.15, 0.2) is 0 Å². The summed E-state index contributed by atoms with van der Waals surface area (Å²) in [6.45, 7) is 8.13. The van der Waals surface area contributed by atoms with Crippen LogP contribution in [-0.2, 0) is 0 Å². The molecule has 24 heavy (non-hydrogen) atoms. The zero-order valence-electron chi connectivity index (χ0n) is 16.4. The molecule has 0 heterocycles. The minimum atomic E-state index is -0.911. The van der Waals surface area contributed by atoms with Crippen LogP contribution in [0, 0.1) is 35.5 Å². The fourth-order valence-electron chi connectivity index (χ4n) is 5.56. The van der Waals surface area contributed by atoms with Crippen molar-refractivity contribution in [1.82, 2.24) is 0 Å². The van der Waals surface area contributed by atoms with Crippen molar-refractivity contribution >= 4 is 0 Å². The van der Waals surface area contributed by atoms with E-state index in [1.54, 1.807) is 6.92 Å². The van der Waals surface area contributed by atoms with E-state index in [0.717, 1.165) is 17.8 Å².